The van der Waals surface area contributed by atoms with E-state index in [1.807, 2.05) is 6.92 Å². The quantitative estimate of drug-likeness (QED) is 0.244. The summed E-state index contributed by atoms with van der Waals surface area (Å²) in [6.07, 6.45) is -4.44. The monoisotopic (exact) mass is 390 g/mol. The molecule has 1 aliphatic rings. The van der Waals surface area contributed by atoms with Gasteiger partial charge in [-0.15, -0.1) is 0 Å². The van der Waals surface area contributed by atoms with Crippen LogP contribution < -0.4 is 0 Å². The predicted octanol–water partition coefficient (Wildman–Crippen LogP) is 6.66. The average molecular weight is 390 g/mol. The van der Waals surface area contributed by atoms with Gasteiger partial charge in [-0.2, -0.15) is 22.0 Å². The number of hydrogen-bond donors (Lipinski definition) is 0. The molecular formula is C18H25F7O. The molecule has 1 aliphatic carbocycles. The van der Waals surface area contributed by atoms with Crippen molar-refractivity contribution in [2.24, 2.45) is 0 Å². The Balaban J connectivity index is 2.99. The van der Waals surface area contributed by atoms with E-state index in [0.29, 0.717) is 6.42 Å². The minimum atomic E-state index is -6.29. The Kier molecular flexibility index (Phi) is 7.33. The van der Waals surface area contributed by atoms with Crippen LogP contribution in [-0.2, 0) is 4.79 Å². The smallest absolute Gasteiger partial charge is 0.296 e. The second-order valence-corrected chi connectivity index (χ2v) is 7.05. The fraction of sp³-hybridized carbons (Fsp3) is 0.833. The van der Waals surface area contributed by atoms with E-state index >= 15 is 4.39 Å². The van der Waals surface area contributed by atoms with E-state index in [1.54, 1.807) is 0 Å². The first-order chi connectivity index (χ1) is 11.8. The van der Waals surface area contributed by atoms with Crippen LogP contribution in [0.5, 0.6) is 0 Å². The molecule has 0 aromatic carbocycles. The number of unbranched alkanes of at least 4 members (excludes halogenated alkanes) is 5. The van der Waals surface area contributed by atoms with Crippen LogP contribution in [-0.4, -0.2) is 29.2 Å². The molecule has 1 rings (SSSR count). The first-order valence-electron chi connectivity index (χ1n) is 8.85. The number of Topliss-reactive ketones (excluding diaryl/α,β-unsaturated/α-hetero) is 1. The third-order valence-electron chi connectivity index (χ3n) is 4.94. The van der Waals surface area contributed by atoms with Gasteiger partial charge in [0, 0.05) is 19.3 Å². The molecule has 0 radical (unpaired) electrons. The fourth-order valence-electron chi connectivity index (χ4n) is 3.26. The highest BCUT2D eigenvalue weighted by Gasteiger charge is 2.80. The molecule has 0 spiro atoms. The molecule has 0 fully saturated rings. The third kappa shape index (κ3) is 4.25. The molecule has 0 aromatic rings. The van der Waals surface area contributed by atoms with Crippen LogP contribution >= 0.6 is 0 Å². The summed E-state index contributed by atoms with van der Waals surface area (Å²) in [4.78, 5) is 12.2. The number of halogens is 7. The number of rotatable bonds is 9. The van der Waals surface area contributed by atoms with E-state index in [0.717, 1.165) is 31.8 Å². The van der Waals surface area contributed by atoms with Crippen molar-refractivity contribution in [2.45, 2.75) is 95.1 Å². The molecule has 0 N–H and O–H groups in total. The van der Waals surface area contributed by atoms with Gasteiger partial charge < -0.3 is 0 Å². The molecule has 0 amide bonds. The molecule has 0 bridgehead atoms. The van der Waals surface area contributed by atoms with Gasteiger partial charge in [-0.25, -0.2) is 8.78 Å². The Morgan fingerprint density at radius 3 is 2.12 bits per heavy atom. The van der Waals surface area contributed by atoms with Crippen LogP contribution in [0.1, 0.15) is 71.6 Å². The van der Waals surface area contributed by atoms with Crippen LogP contribution in [0.4, 0.5) is 30.7 Å². The maximum absolute atomic E-state index is 15.2. The van der Waals surface area contributed by atoms with Gasteiger partial charge in [-0.1, -0.05) is 50.7 Å². The van der Waals surface area contributed by atoms with Gasteiger partial charge in [0.05, 0.1) is 0 Å². The van der Waals surface area contributed by atoms with Gasteiger partial charge in [-0.3, -0.25) is 4.79 Å². The van der Waals surface area contributed by atoms with Crippen molar-refractivity contribution < 1.29 is 35.5 Å². The van der Waals surface area contributed by atoms with Crippen molar-refractivity contribution in [3.63, 3.8) is 0 Å². The van der Waals surface area contributed by atoms with Crippen molar-refractivity contribution in [1.29, 1.82) is 0 Å². The van der Waals surface area contributed by atoms with E-state index in [2.05, 4.69) is 0 Å². The number of ketones is 1. The summed E-state index contributed by atoms with van der Waals surface area (Å²) in [6, 6.07) is 0. The summed E-state index contributed by atoms with van der Waals surface area (Å²) in [7, 11) is 0. The van der Waals surface area contributed by atoms with Gasteiger partial charge in [-0.05, 0) is 13.3 Å². The van der Waals surface area contributed by atoms with E-state index in [-0.39, 0.29) is 12.0 Å². The summed E-state index contributed by atoms with van der Waals surface area (Å²) in [5.41, 5.74) is -8.46. The van der Waals surface area contributed by atoms with Crippen molar-refractivity contribution in [2.75, 3.05) is 0 Å². The van der Waals surface area contributed by atoms with E-state index in [1.165, 1.54) is 6.92 Å². The zero-order valence-electron chi connectivity index (χ0n) is 15.0. The molecule has 1 nitrogen and oxygen atoms in total. The molecule has 152 valence electrons. The number of allylic oxidation sites excluding steroid dienone is 2. The molecule has 26 heavy (non-hydrogen) atoms. The molecular weight excluding hydrogens is 365 g/mol. The van der Waals surface area contributed by atoms with Gasteiger partial charge >= 0.3 is 12.1 Å². The lowest BCUT2D eigenvalue weighted by Crippen LogP contribution is -2.68. The number of carbonyl (C=O) groups excluding carboxylic acids is 1. The summed E-state index contributed by atoms with van der Waals surface area (Å²) in [6.45, 7) is 3.27. The Morgan fingerprint density at radius 1 is 1.04 bits per heavy atom. The lowest BCUT2D eigenvalue weighted by atomic mass is 9.68. The summed E-state index contributed by atoms with van der Waals surface area (Å²) in [5.74, 6) is -7.49. The standard InChI is InChI=1S/C18H25F7O/c1-3-4-5-6-7-8-9-14(26)15(19)12-13(2)10-11-16(15,20)17(21,22)18(23,24)25/h10H,3-9,11-12H2,1-2H3. The molecule has 2 atom stereocenters. The highest BCUT2D eigenvalue weighted by molar-refractivity contribution is 5.89. The fourth-order valence-corrected chi connectivity index (χ4v) is 3.26. The van der Waals surface area contributed by atoms with Crippen molar-refractivity contribution in [1.82, 2.24) is 0 Å². The van der Waals surface area contributed by atoms with Gasteiger partial charge in [0.15, 0.2) is 5.78 Å². The van der Waals surface area contributed by atoms with E-state index < -0.39 is 48.5 Å². The second-order valence-electron chi connectivity index (χ2n) is 7.05. The normalized spacial score (nSPS) is 27.3. The lowest BCUT2D eigenvalue weighted by Gasteiger charge is -2.45. The largest absolute Gasteiger partial charge is 0.456 e. The molecule has 8 heteroatoms. The first-order valence-corrected chi connectivity index (χ1v) is 8.85. The maximum Gasteiger partial charge on any atom is 0.456 e. The Morgan fingerprint density at radius 2 is 1.58 bits per heavy atom. The van der Waals surface area contributed by atoms with Crippen LogP contribution in [0, 0.1) is 0 Å². The van der Waals surface area contributed by atoms with E-state index in [9.17, 15) is 31.1 Å². The van der Waals surface area contributed by atoms with Gasteiger partial charge in [0.2, 0.25) is 11.3 Å². The molecule has 0 aromatic heterocycles. The van der Waals surface area contributed by atoms with Crippen LogP contribution in [0.2, 0.25) is 0 Å². The topological polar surface area (TPSA) is 17.1 Å². The summed E-state index contributed by atoms with van der Waals surface area (Å²) >= 11 is 0. The van der Waals surface area contributed by atoms with Gasteiger partial charge in [0.25, 0.3) is 0 Å². The maximum atomic E-state index is 15.2. The highest BCUT2D eigenvalue weighted by atomic mass is 19.4. The summed E-state index contributed by atoms with van der Waals surface area (Å²) < 4.78 is 95.7. The molecule has 2 unspecified atom stereocenters. The predicted molar refractivity (Wildman–Crippen MR) is 84.7 cm³/mol. The highest BCUT2D eigenvalue weighted by Crippen LogP contribution is 2.57. The SMILES string of the molecule is CCCCCCCCC(=O)C1(F)CC(C)=CCC1(F)C(F)(F)C(F)(F)F. The Labute approximate surface area is 149 Å². The van der Waals surface area contributed by atoms with Crippen molar-refractivity contribution in [3.05, 3.63) is 11.6 Å². The minimum Gasteiger partial charge on any atom is -0.296 e. The van der Waals surface area contributed by atoms with Crippen LogP contribution in [0.25, 0.3) is 0 Å². The molecule has 0 heterocycles. The second kappa shape index (κ2) is 8.30. The Hall–Kier alpha value is -1.08. The first kappa shape index (κ1) is 23.0. The average Bonchev–Trinajstić information content (AvgIpc) is 2.53. The lowest BCUT2D eigenvalue weighted by molar-refractivity contribution is -0.344. The zero-order chi connectivity index (χ0) is 20.2. The number of carbonyl (C=O) groups is 1. The number of alkyl halides is 7. The number of hydrogen-bond acceptors (Lipinski definition) is 1. The van der Waals surface area contributed by atoms with Crippen LogP contribution in [0.3, 0.4) is 0 Å². The van der Waals surface area contributed by atoms with E-state index in [4.69, 9.17) is 0 Å². The molecule has 0 saturated carbocycles. The van der Waals surface area contributed by atoms with Crippen molar-refractivity contribution in [3.8, 4) is 0 Å². The summed E-state index contributed by atoms with van der Waals surface area (Å²) in [5, 5.41) is 0. The third-order valence-corrected chi connectivity index (χ3v) is 4.94. The Bertz CT molecular complexity index is 526. The zero-order valence-corrected chi connectivity index (χ0v) is 15.0. The minimum absolute atomic E-state index is 0.0787. The van der Waals surface area contributed by atoms with Crippen LogP contribution in [0.15, 0.2) is 11.6 Å². The van der Waals surface area contributed by atoms with Crippen molar-refractivity contribution >= 4 is 5.78 Å². The van der Waals surface area contributed by atoms with Gasteiger partial charge in [0.1, 0.15) is 0 Å². The molecule has 0 saturated heterocycles. The molecule has 0 aliphatic heterocycles.